The van der Waals surface area contributed by atoms with E-state index in [4.69, 9.17) is 6.57 Å². The Hall–Kier alpha value is -1.14. The molecular weight excluding hydrogens is 170 g/mol. The highest BCUT2D eigenvalue weighted by Crippen LogP contribution is 2.04. The van der Waals surface area contributed by atoms with E-state index < -0.39 is 10.8 Å². The van der Waals surface area contributed by atoms with Crippen LogP contribution >= 0.6 is 0 Å². The molecule has 1 aromatic carbocycles. The van der Waals surface area contributed by atoms with Crippen molar-refractivity contribution < 1.29 is 4.21 Å². The quantitative estimate of drug-likeness (QED) is 0.647. The molecule has 1 aromatic rings. The Balaban J connectivity index is 2.61. The number of rotatable bonds is 3. The average Bonchev–Trinajstić information content (AvgIpc) is 2.15. The molecule has 2 nitrogen and oxygen atoms in total. The van der Waals surface area contributed by atoms with Crippen molar-refractivity contribution >= 4 is 10.8 Å². The van der Waals surface area contributed by atoms with Crippen LogP contribution in [0.15, 0.2) is 35.2 Å². The summed E-state index contributed by atoms with van der Waals surface area (Å²) >= 11 is 0. The Kier molecular flexibility index (Phi) is 3.49. The third-order valence-corrected chi connectivity index (χ3v) is 2.75. The third-order valence-electron chi connectivity index (χ3n) is 1.39. The first-order valence-electron chi connectivity index (χ1n) is 3.61. The van der Waals surface area contributed by atoms with Gasteiger partial charge in [0.2, 0.25) is 6.54 Å². The molecule has 12 heavy (non-hydrogen) atoms. The maximum absolute atomic E-state index is 11.4. The minimum absolute atomic E-state index is 0.335. The van der Waals surface area contributed by atoms with Crippen molar-refractivity contribution in [2.45, 2.75) is 4.90 Å². The summed E-state index contributed by atoms with van der Waals surface area (Å²) in [6.07, 6.45) is 0. The molecule has 0 amide bonds. The van der Waals surface area contributed by atoms with Crippen LogP contribution in [-0.2, 0) is 10.8 Å². The molecule has 0 aliphatic heterocycles. The molecule has 0 N–H and O–H groups in total. The summed E-state index contributed by atoms with van der Waals surface area (Å²) in [5.41, 5.74) is 0. The van der Waals surface area contributed by atoms with Crippen molar-refractivity contribution in [2.75, 3.05) is 12.3 Å². The van der Waals surface area contributed by atoms with E-state index in [1.54, 1.807) is 0 Å². The molecule has 1 unspecified atom stereocenters. The molecule has 0 bridgehead atoms. The van der Waals surface area contributed by atoms with Gasteiger partial charge in [0.25, 0.3) is 0 Å². The van der Waals surface area contributed by atoms with Gasteiger partial charge in [0.15, 0.2) is 0 Å². The lowest BCUT2D eigenvalue weighted by atomic mass is 10.4. The van der Waals surface area contributed by atoms with Crippen molar-refractivity contribution in [3.63, 3.8) is 0 Å². The molecule has 0 aliphatic rings. The van der Waals surface area contributed by atoms with Gasteiger partial charge < -0.3 is 4.85 Å². The zero-order valence-electron chi connectivity index (χ0n) is 6.56. The molecule has 1 atom stereocenters. The molecule has 0 heterocycles. The van der Waals surface area contributed by atoms with Gasteiger partial charge in [-0.2, -0.15) is 0 Å². The summed E-state index contributed by atoms with van der Waals surface area (Å²) in [5, 5.41) is 0. The zero-order valence-corrected chi connectivity index (χ0v) is 7.38. The second kappa shape index (κ2) is 4.68. The molecule has 1 rings (SSSR count). The maximum atomic E-state index is 11.4. The molecule has 0 radical (unpaired) electrons. The van der Waals surface area contributed by atoms with Crippen LogP contribution in [0.4, 0.5) is 0 Å². The highest BCUT2D eigenvalue weighted by Gasteiger charge is 2.02. The Morgan fingerprint density at radius 1 is 1.33 bits per heavy atom. The first-order valence-corrected chi connectivity index (χ1v) is 4.93. The van der Waals surface area contributed by atoms with E-state index in [-0.39, 0.29) is 0 Å². The summed E-state index contributed by atoms with van der Waals surface area (Å²) < 4.78 is 11.4. The van der Waals surface area contributed by atoms with Crippen molar-refractivity contribution in [3.05, 3.63) is 41.7 Å². The fourth-order valence-electron chi connectivity index (χ4n) is 0.819. The number of nitrogens with zero attached hydrogens (tertiary/aromatic N) is 1. The van der Waals surface area contributed by atoms with Crippen LogP contribution in [-0.4, -0.2) is 16.5 Å². The van der Waals surface area contributed by atoms with Crippen molar-refractivity contribution in [1.29, 1.82) is 0 Å². The Labute approximate surface area is 74.5 Å². The first kappa shape index (κ1) is 8.95. The minimum atomic E-state index is -0.997. The van der Waals surface area contributed by atoms with Crippen LogP contribution in [0.25, 0.3) is 4.85 Å². The summed E-state index contributed by atoms with van der Waals surface area (Å²) in [6.45, 7) is 6.88. The minimum Gasteiger partial charge on any atom is -0.316 e. The Bertz CT molecular complexity index is 302. The van der Waals surface area contributed by atoms with Crippen molar-refractivity contribution in [2.24, 2.45) is 0 Å². The molecule has 62 valence electrons. The van der Waals surface area contributed by atoms with Gasteiger partial charge in [-0.05, 0) is 12.1 Å². The summed E-state index contributed by atoms with van der Waals surface area (Å²) in [4.78, 5) is 3.96. The summed E-state index contributed by atoms with van der Waals surface area (Å²) in [6, 6.07) is 9.23. The van der Waals surface area contributed by atoms with Gasteiger partial charge in [-0.15, -0.1) is 0 Å². The van der Waals surface area contributed by atoms with Crippen LogP contribution < -0.4 is 0 Å². The fraction of sp³-hybridized carbons (Fsp3) is 0.222. The van der Waals surface area contributed by atoms with Crippen molar-refractivity contribution in [1.82, 2.24) is 0 Å². The average molecular weight is 179 g/mol. The monoisotopic (exact) mass is 179 g/mol. The zero-order chi connectivity index (χ0) is 8.81. The smallest absolute Gasteiger partial charge is 0.226 e. The largest absolute Gasteiger partial charge is 0.316 e. The SMILES string of the molecule is [C-]#[N+]CCS(=O)c1ccccc1. The number of benzene rings is 1. The van der Waals surface area contributed by atoms with Gasteiger partial charge in [0, 0.05) is 4.90 Å². The molecular formula is C9H9NOS. The van der Waals surface area contributed by atoms with Gasteiger partial charge in [0.1, 0.15) is 5.75 Å². The lowest BCUT2D eigenvalue weighted by Crippen LogP contribution is -1.99. The number of hydrogen-bond donors (Lipinski definition) is 0. The van der Waals surface area contributed by atoms with Gasteiger partial charge in [-0.1, -0.05) is 18.2 Å². The molecule has 3 heteroatoms. The van der Waals surface area contributed by atoms with E-state index in [1.807, 2.05) is 30.3 Å². The first-order chi connectivity index (χ1) is 5.84. The lowest BCUT2D eigenvalue weighted by molar-refractivity contribution is 0.683. The van der Waals surface area contributed by atoms with Gasteiger partial charge in [0.05, 0.1) is 10.8 Å². The van der Waals surface area contributed by atoms with Gasteiger partial charge >= 0.3 is 0 Å². The topological polar surface area (TPSA) is 21.4 Å². The normalized spacial score (nSPS) is 11.9. The molecule has 0 aromatic heterocycles. The second-order valence-electron chi connectivity index (χ2n) is 2.24. The van der Waals surface area contributed by atoms with Crippen LogP contribution in [0.3, 0.4) is 0 Å². The Morgan fingerprint density at radius 2 is 2.00 bits per heavy atom. The fourth-order valence-corrected chi connectivity index (χ4v) is 1.77. The summed E-state index contributed by atoms with van der Waals surface area (Å²) in [7, 11) is -0.997. The van der Waals surface area contributed by atoms with Crippen LogP contribution in [0, 0.1) is 6.57 Å². The molecule has 0 fully saturated rings. The van der Waals surface area contributed by atoms with E-state index in [2.05, 4.69) is 4.85 Å². The maximum Gasteiger partial charge on any atom is 0.226 e. The van der Waals surface area contributed by atoms with E-state index >= 15 is 0 Å². The highest BCUT2D eigenvalue weighted by molar-refractivity contribution is 7.85. The molecule has 0 spiro atoms. The van der Waals surface area contributed by atoms with Crippen LogP contribution in [0.5, 0.6) is 0 Å². The molecule has 0 saturated heterocycles. The highest BCUT2D eigenvalue weighted by atomic mass is 32.2. The van der Waals surface area contributed by atoms with E-state index in [9.17, 15) is 4.21 Å². The molecule has 0 aliphatic carbocycles. The third kappa shape index (κ3) is 2.48. The molecule has 0 saturated carbocycles. The Morgan fingerprint density at radius 3 is 2.58 bits per heavy atom. The predicted molar refractivity (Wildman–Crippen MR) is 49.2 cm³/mol. The second-order valence-corrected chi connectivity index (χ2v) is 3.82. The van der Waals surface area contributed by atoms with E-state index in [1.165, 1.54) is 0 Å². The standard InChI is InChI=1S/C9H9NOS/c1-10-7-8-12(11)9-5-3-2-4-6-9/h2-6H,7-8H2. The predicted octanol–water partition coefficient (Wildman–Crippen LogP) is 1.71. The van der Waals surface area contributed by atoms with E-state index in [0.29, 0.717) is 12.3 Å². The summed E-state index contributed by atoms with van der Waals surface area (Å²) in [5.74, 6) is 0.438. The van der Waals surface area contributed by atoms with Gasteiger partial charge in [-0.25, -0.2) is 6.57 Å². The van der Waals surface area contributed by atoms with E-state index in [0.717, 1.165) is 4.90 Å². The lowest BCUT2D eigenvalue weighted by Gasteiger charge is -1.95. The van der Waals surface area contributed by atoms with Crippen molar-refractivity contribution in [3.8, 4) is 0 Å². The van der Waals surface area contributed by atoms with Crippen LogP contribution in [0.1, 0.15) is 0 Å². The van der Waals surface area contributed by atoms with Gasteiger partial charge in [-0.3, -0.25) is 4.21 Å². The van der Waals surface area contributed by atoms with Crippen LogP contribution in [0.2, 0.25) is 0 Å². The number of hydrogen-bond acceptors (Lipinski definition) is 1.